The van der Waals surface area contributed by atoms with Crippen molar-refractivity contribution in [2.24, 2.45) is 0 Å². The first kappa shape index (κ1) is 34.5. The number of carbonyl (C=O) groups is 3. The third-order valence-electron chi connectivity index (χ3n) is 9.66. The Labute approximate surface area is 280 Å². The van der Waals surface area contributed by atoms with Crippen LogP contribution < -0.4 is 16.6 Å². The van der Waals surface area contributed by atoms with Gasteiger partial charge in [-0.3, -0.25) is 18.7 Å². The second kappa shape index (κ2) is 14.1. The highest BCUT2D eigenvalue weighted by atomic mass is 16.6. The van der Waals surface area contributed by atoms with E-state index in [4.69, 9.17) is 4.74 Å². The summed E-state index contributed by atoms with van der Waals surface area (Å²) < 4.78 is 7.73. The average molecular weight is 659 g/mol. The molecule has 0 saturated carbocycles. The largest absolute Gasteiger partial charge is 0.448 e. The topological polar surface area (TPSA) is 126 Å². The molecule has 48 heavy (non-hydrogen) atoms. The molecule has 3 heterocycles. The lowest BCUT2D eigenvalue weighted by molar-refractivity contribution is -0.133. The van der Waals surface area contributed by atoms with Crippen LogP contribution in [0.3, 0.4) is 0 Å². The molecule has 2 aromatic carbocycles. The van der Waals surface area contributed by atoms with Crippen LogP contribution in [0.25, 0.3) is 11.1 Å². The first-order valence-electron chi connectivity index (χ1n) is 16.5. The number of urea groups is 1. The lowest BCUT2D eigenvalue weighted by atomic mass is 9.99. The zero-order valence-corrected chi connectivity index (χ0v) is 28.7. The molecule has 12 heteroatoms. The minimum absolute atomic E-state index is 0.0103. The van der Waals surface area contributed by atoms with Crippen molar-refractivity contribution in [3.63, 3.8) is 0 Å². The molecule has 1 fully saturated rings. The molecule has 1 saturated heterocycles. The van der Waals surface area contributed by atoms with Gasteiger partial charge in [0.2, 0.25) is 5.91 Å². The van der Waals surface area contributed by atoms with Crippen molar-refractivity contribution in [3.05, 3.63) is 86.2 Å². The highest BCUT2D eigenvalue weighted by Gasteiger charge is 2.32. The molecule has 0 aliphatic carbocycles. The Hall–Kier alpha value is -4.87. The molecule has 2 aliphatic heterocycles. The van der Waals surface area contributed by atoms with E-state index < -0.39 is 22.9 Å². The second-order valence-corrected chi connectivity index (χ2v) is 13.6. The second-order valence-electron chi connectivity index (χ2n) is 13.6. The van der Waals surface area contributed by atoms with Gasteiger partial charge in [0.25, 0.3) is 5.56 Å². The number of ether oxygens (including phenoxy) is 1. The number of aromatic nitrogens is 2. The Morgan fingerprint density at radius 2 is 1.67 bits per heavy atom. The molecule has 2 aliphatic rings. The molecular weight excluding hydrogens is 612 g/mol. The van der Waals surface area contributed by atoms with Crippen molar-refractivity contribution in [1.82, 2.24) is 23.8 Å². The SMILES string of the molecule is Cc1cccc(-c2cn(CC(=O)N3CCC(N4CCc5ccccc5NC4=O)CC3)c(=O)n(CCOC(=O)N(C)C(C)(C)C)c2=O)c1C. The van der Waals surface area contributed by atoms with E-state index in [1.54, 1.807) is 11.9 Å². The van der Waals surface area contributed by atoms with E-state index in [0.29, 0.717) is 38.0 Å². The number of likely N-dealkylation sites (tertiary alicyclic amines) is 1. The van der Waals surface area contributed by atoms with E-state index in [1.807, 2.05) is 82.0 Å². The van der Waals surface area contributed by atoms with Crippen LogP contribution in [-0.2, 0) is 29.0 Å². The summed E-state index contributed by atoms with van der Waals surface area (Å²) in [4.78, 5) is 71.7. The number of para-hydroxylation sites is 1. The van der Waals surface area contributed by atoms with Crippen molar-refractivity contribution in [2.75, 3.05) is 38.6 Å². The van der Waals surface area contributed by atoms with Gasteiger partial charge in [0.1, 0.15) is 13.2 Å². The first-order valence-corrected chi connectivity index (χ1v) is 16.5. The molecule has 1 aromatic heterocycles. The van der Waals surface area contributed by atoms with Crippen LogP contribution in [-0.4, -0.2) is 86.7 Å². The van der Waals surface area contributed by atoms with Crippen molar-refractivity contribution in [3.8, 4) is 11.1 Å². The predicted octanol–water partition coefficient (Wildman–Crippen LogP) is 4.24. The fourth-order valence-corrected chi connectivity index (χ4v) is 6.20. The molecule has 1 N–H and O–H groups in total. The Morgan fingerprint density at radius 3 is 2.38 bits per heavy atom. The number of fused-ring (bicyclic) bond motifs is 1. The van der Waals surface area contributed by atoms with Crippen LogP contribution in [0.15, 0.2) is 58.3 Å². The van der Waals surface area contributed by atoms with E-state index in [1.165, 1.54) is 15.7 Å². The van der Waals surface area contributed by atoms with E-state index in [0.717, 1.165) is 33.4 Å². The van der Waals surface area contributed by atoms with Crippen LogP contribution >= 0.6 is 0 Å². The lowest BCUT2D eigenvalue weighted by Gasteiger charge is -2.38. The lowest BCUT2D eigenvalue weighted by Crippen LogP contribution is -2.51. The van der Waals surface area contributed by atoms with Crippen molar-refractivity contribution < 1.29 is 19.1 Å². The molecule has 12 nitrogen and oxygen atoms in total. The van der Waals surface area contributed by atoms with Gasteiger partial charge in [0.15, 0.2) is 0 Å². The summed E-state index contributed by atoms with van der Waals surface area (Å²) >= 11 is 0. The highest BCUT2D eigenvalue weighted by molar-refractivity contribution is 5.91. The normalized spacial score (nSPS) is 15.4. The minimum atomic E-state index is -0.654. The first-order chi connectivity index (χ1) is 22.8. The number of piperidine rings is 1. The molecule has 4 amide bonds. The van der Waals surface area contributed by atoms with Crippen molar-refractivity contribution in [2.45, 2.75) is 78.6 Å². The van der Waals surface area contributed by atoms with Gasteiger partial charge in [-0.15, -0.1) is 0 Å². The number of rotatable bonds is 7. The monoisotopic (exact) mass is 658 g/mol. The van der Waals surface area contributed by atoms with Gasteiger partial charge in [-0.05, 0) is 82.2 Å². The maximum atomic E-state index is 13.7. The van der Waals surface area contributed by atoms with Crippen molar-refractivity contribution >= 4 is 23.7 Å². The van der Waals surface area contributed by atoms with Gasteiger partial charge >= 0.3 is 17.8 Å². The number of nitrogens with zero attached hydrogens (tertiary/aromatic N) is 5. The summed E-state index contributed by atoms with van der Waals surface area (Å²) in [6.07, 6.45) is 2.88. The fraction of sp³-hybridized carbons (Fsp3) is 0.472. The number of anilines is 1. The van der Waals surface area contributed by atoms with Crippen molar-refractivity contribution in [1.29, 1.82) is 0 Å². The van der Waals surface area contributed by atoms with E-state index in [2.05, 4.69) is 5.32 Å². The van der Waals surface area contributed by atoms with Gasteiger partial charge in [0, 0.05) is 50.1 Å². The number of aryl methyl sites for hydroxylation is 1. The molecule has 256 valence electrons. The average Bonchev–Trinajstić information content (AvgIpc) is 3.22. The number of hydrogen-bond donors (Lipinski definition) is 1. The standard InChI is InChI=1S/C36H46N6O6/c1-24-10-9-12-28(25(24)2)29-22-40(34(46)42(32(29)44)20-21-48-35(47)38(6)36(3,4)5)23-31(43)39-17-15-27(16-18-39)41-19-14-26-11-7-8-13-30(26)37-33(41)45/h7-13,22,27H,14-21,23H2,1-6H3,(H,37,45). The number of hydrogen-bond acceptors (Lipinski definition) is 6. The molecule has 0 spiro atoms. The molecule has 3 aromatic rings. The molecule has 5 rings (SSSR count). The number of amides is 4. The zero-order chi connectivity index (χ0) is 34.7. The van der Waals surface area contributed by atoms with Gasteiger partial charge in [0.05, 0.1) is 12.1 Å². The Morgan fingerprint density at radius 1 is 0.958 bits per heavy atom. The van der Waals surface area contributed by atoms with E-state index >= 15 is 0 Å². The molecule has 0 radical (unpaired) electrons. The Kier molecular flexibility index (Phi) is 10.1. The van der Waals surface area contributed by atoms with Gasteiger partial charge < -0.3 is 24.8 Å². The Bertz CT molecular complexity index is 1810. The maximum absolute atomic E-state index is 13.7. The van der Waals surface area contributed by atoms with E-state index in [9.17, 15) is 24.0 Å². The maximum Gasteiger partial charge on any atom is 0.409 e. The summed E-state index contributed by atoms with van der Waals surface area (Å²) in [6.45, 7) is 10.3. The van der Waals surface area contributed by atoms with Crippen LogP contribution in [0.5, 0.6) is 0 Å². The summed E-state index contributed by atoms with van der Waals surface area (Å²) in [6, 6.07) is 13.3. The summed E-state index contributed by atoms with van der Waals surface area (Å²) in [5, 5.41) is 3.02. The number of nitrogens with one attached hydrogen (secondary N) is 1. The highest BCUT2D eigenvalue weighted by Crippen LogP contribution is 2.25. The molecule has 0 bridgehead atoms. The number of benzene rings is 2. The molecule has 0 unspecified atom stereocenters. The van der Waals surface area contributed by atoms with Crippen LogP contribution in [0, 0.1) is 13.8 Å². The van der Waals surface area contributed by atoms with Crippen LogP contribution in [0.1, 0.15) is 50.3 Å². The van der Waals surface area contributed by atoms with Crippen LogP contribution in [0.2, 0.25) is 0 Å². The Balaban J connectivity index is 1.32. The smallest absolute Gasteiger partial charge is 0.409 e. The summed E-state index contributed by atoms with van der Waals surface area (Å²) in [7, 11) is 1.62. The van der Waals surface area contributed by atoms with Crippen LogP contribution in [0.4, 0.5) is 15.3 Å². The molecular formula is C36H46N6O6. The third-order valence-corrected chi connectivity index (χ3v) is 9.66. The van der Waals surface area contributed by atoms with Gasteiger partial charge in [-0.25, -0.2) is 14.4 Å². The summed E-state index contributed by atoms with van der Waals surface area (Å²) in [5.74, 6) is -0.251. The third kappa shape index (κ3) is 7.32. The number of carbonyl (C=O) groups excluding carboxylic acids is 3. The quantitative estimate of drug-likeness (QED) is 0.405. The van der Waals surface area contributed by atoms with Gasteiger partial charge in [-0.1, -0.05) is 36.4 Å². The minimum Gasteiger partial charge on any atom is -0.448 e. The van der Waals surface area contributed by atoms with Gasteiger partial charge in [-0.2, -0.15) is 0 Å². The zero-order valence-electron chi connectivity index (χ0n) is 28.7. The predicted molar refractivity (Wildman–Crippen MR) is 184 cm³/mol. The summed E-state index contributed by atoms with van der Waals surface area (Å²) in [5.41, 5.74) is 3.11. The molecule has 0 atom stereocenters. The fourth-order valence-electron chi connectivity index (χ4n) is 6.20. The van der Waals surface area contributed by atoms with E-state index in [-0.39, 0.29) is 43.2 Å².